The number of hydrogen-bond acceptors (Lipinski definition) is 11. The molecule has 1 aliphatic rings. The number of H-pyrrole nitrogens is 1. The molecule has 4 rings (SSSR count). The second kappa shape index (κ2) is 13.0. The lowest BCUT2D eigenvalue weighted by molar-refractivity contribution is -0.118. The summed E-state index contributed by atoms with van der Waals surface area (Å²) < 4.78 is 32.5. The number of aromatic amines is 1. The van der Waals surface area contributed by atoms with Crippen LogP contribution in [-0.4, -0.2) is 66.6 Å². The highest BCUT2D eigenvalue weighted by molar-refractivity contribution is 8.13. The van der Waals surface area contributed by atoms with Crippen LogP contribution >= 0.6 is 19.5 Å². The summed E-state index contributed by atoms with van der Waals surface area (Å²) in [5, 5.41) is 25.2. The van der Waals surface area contributed by atoms with E-state index in [1.807, 2.05) is 51.1 Å². The Balaban J connectivity index is 1.46. The first kappa shape index (κ1) is 32.4. The first-order chi connectivity index (χ1) is 19.8. The molecular weight excluding hydrogens is 585 g/mol. The van der Waals surface area contributed by atoms with Crippen molar-refractivity contribution in [3.05, 3.63) is 58.5 Å². The average molecular weight is 624 g/mol. The van der Waals surface area contributed by atoms with Gasteiger partial charge in [-0.3, -0.25) is 23.6 Å². The molecule has 13 nitrogen and oxygen atoms in total. The quantitative estimate of drug-likeness (QED) is 0.138. The lowest BCUT2D eigenvalue weighted by Crippen LogP contribution is -2.44. The van der Waals surface area contributed by atoms with Gasteiger partial charge in [0.15, 0.2) is 17.0 Å². The minimum Gasteiger partial charge on any atom is -0.387 e. The molecule has 0 radical (unpaired) electrons. The summed E-state index contributed by atoms with van der Waals surface area (Å²) in [6.07, 6.45) is -1.58. The maximum atomic E-state index is 13.8. The molecule has 2 unspecified atom stereocenters. The van der Waals surface area contributed by atoms with Crippen LogP contribution in [0.15, 0.2) is 47.4 Å². The zero-order valence-electron chi connectivity index (χ0n) is 24.0. The van der Waals surface area contributed by atoms with E-state index < -0.39 is 49.4 Å². The van der Waals surface area contributed by atoms with Crippen LogP contribution in [-0.2, 0) is 29.7 Å². The number of aromatic nitrogens is 3. The predicted molar refractivity (Wildman–Crippen MR) is 160 cm³/mol. The molecule has 1 saturated heterocycles. The van der Waals surface area contributed by atoms with E-state index in [1.165, 1.54) is 23.8 Å². The van der Waals surface area contributed by atoms with Gasteiger partial charge in [-0.15, -0.1) is 0 Å². The Hall–Kier alpha value is -2.55. The van der Waals surface area contributed by atoms with Crippen molar-refractivity contribution in [2.45, 2.75) is 64.7 Å². The molecule has 42 heavy (non-hydrogen) atoms. The van der Waals surface area contributed by atoms with E-state index in [0.717, 1.165) is 17.3 Å². The van der Waals surface area contributed by atoms with Gasteiger partial charge in [-0.2, -0.15) is 4.98 Å². The number of nitrogens with zero attached hydrogens (tertiary/aromatic N) is 2. The molecule has 1 aliphatic heterocycles. The molecule has 0 bridgehead atoms. The number of carbonyl (C=O) groups is 1. The minimum atomic E-state index is -3.97. The summed E-state index contributed by atoms with van der Waals surface area (Å²) in [4.78, 5) is 31.3. The first-order valence-electron chi connectivity index (χ1n) is 13.5. The molecule has 1 aromatic carbocycles. The molecule has 5 atom stereocenters. The van der Waals surface area contributed by atoms with Gasteiger partial charge < -0.3 is 25.3 Å². The van der Waals surface area contributed by atoms with Crippen LogP contribution in [0.25, 0.3) is 11.0 Å². The topological polar surface area (TPSA) is 191 Å². The van der Waals surface area contributed by atoms with Crippen molar-refractivity contribution in [3.63, 3.8) is 0 Å². The Morgan fingerprint density at radius 1 is 1.31 bits per heavy atom. The van der Waals surface area contributed by atoms with Crippen molar-refractivity contribution < 1.29 is 33.4 Å². The summed E-state index contributed by atoms with van der Waals surface area (Å²) in [6, 6.07) is 10.7. The highest BCUT2D eigenvalue weighted by atomic mass is 32.2. The van der Waals surface area contributed by atoms with Crippen molar-refractivity contribution in [2.75, 3.05) is 24.7 Å². The second-order valence-electron chi connectivity index (χ2n) is 10.9. The Morgan fingerprint density at radius 3 is 2.71 bits per heavy atom. The maximum absolute atomic E-state index is 13.8. The van der Waals surface area contributed by atoms with Gasteiger partial charge in [-0.05, 0) is 25.0 Å². The fraction of sp³-hybridized carbons (Fsp3) is 0.519. The molecule has 0 saturated carbocycles. The third-order valence-corrected chi connectivity index (χ3v) is 10.1. The van der Waals surface area contributed by atoms with E-state index in [4.69, 9.17) is 19.5 Å². The van der Waals surface area contributed by atoms with Gasteiger partial charge in [0.05, 0.1) is 18.6 Å². The average Bonchev–Trinajstić information content (AvgIpc) is 3.47. The molecule has 0 amide bonds. The monoisotopic (exact) mass is 623 g/mol. The van der Waals surface area contributed by atoms with Crippen molar-refractivity contribution in [1.82, 2.24) is 19.6 Å². The predicted octanol–water partition coefficient (Wildman–Crippen LogP) is 2.94. The van der Waals surface area contributed by atoms with E-state index in [2.05, 4.69) is 15.1 Å². The Labute approximate surface area is 247 Å². The molecule has 3 aromatic rings. The number of nitrogens with two attached hydrogens (primary N) is 1. The van der Waals surface area contributed by atoms with Gasteiger partial charge in [0.2, 0.25) is 5.95 Å². The van der Waals surface area contributed by atoms with Gasteiger partial charge >= 0.3 is 7.75 Å². The van der Waals surface area contributed by atoms with E-state index in [-0.39, 0.29) is 41.0 Å². The summed E-state index contributed by atoms with van der Waals surface area (Å²) in [7, 11) is -3.97. The SMILES string of the molecule is CCC(C)(C)C(=O)SCCOP(=O)(NCc1ccccc1)OC[C@H]1O[C@H](n2ccc3c(=O)[nH]c(N)nc32)[C@@](C)(O)C1O. The number of aliphatic hydroxyl groups is 2. The molecule has 230 valence electrons. The number of hydrogen-bond donors (Lipinski definition) is 5. The zero-order valence-corrected chi connectivity index (χ0v) is 25.7. The third-order valence-electron chi connectivity index (χ3n) is 7.35. The molecule has 3 heterocycles. The fourth-order valence-corrected chi connectivity index (χ4v) is 6.66. The van der Waals surface area contributed by atoms with E-state index in [0.29, 0.717) is 6.42 Å². The number of rotatable bonds is 13. The van der Waals surface area contributed by atoms with E-state index in [9.17, 15) is 24.4 Å². The summed E-state index contributed by atoms with van der Waals surface area (Å²) >= 11 is 1.10. The molecule has 0 aliphatic carbocycles. The fourth-order valence-electron chi connectivity index (χ4n) is 4.34. The number of nitrogens with one attached hydrogen (secondary N) is 2. The lowest BCUT2D eigenvalue weighted by Gasteiger charge is -2.27. The van der Waals surface area contributed by atoms with Gasteiger partial charge in [0.1, 0.15) is 17.8 Å². The minimum absolute atomic E-state index is 0.00752. The number of fused-ring (bicyclic) bond motifs is 1. The maximum Gasteiger partial charge on any atom is 0.405 e. The molecule has 0 spiro atoms. The Bertz CT molecular complexity index is 1490. The zero-order chi connectivity index (χ0) is 30.7. The van der Waals surface area contributed by atoms with Crippen molar-refractivity contribution >= 4 is 41.6 Å². The molecule has 1 fully saturated rings. The van der Waals surface area contributed by atoms with Crippen LogP contribution in [0, 0.1) is 5.41 Å². The highest BCUT2D eigenvalue weighted by Gasteiger charge is 2.54. The normalized spacial score (nSPS) is 24.2. The van der Waals surface area contributed by atoms with Gasteiger partial charge in [-0.1, -0.05) is 62.9 Å². The number of thioether (sulfide) groups is 1. The van der Waals surface area contributed by atoms with Crippen LogP contribution < -0.4 is 16.4 Å². The van der Waals surface area contributed by atoms with Gasteiger partial charge in [0.25, 0.3) is 5.56 Å². The van der Waals surface area contributed by atoms with Crippen LogP contribution in [0.1, 0.15) is 45.9 Å². The summed E-state index contributed by atoms with van der Waals surface area (Å²) in [5.74, 6) is 0.143. The highest BCUT2D eigenvalue weighted by Crippen LogP contribution is 2.47. The van der Waals surface area contributed by atoms with Crippen molar-refractivity contribution in [3.8, 4) is 0 Å². The van der Waals surface area contributed by atoms with Gasteiger partial charge in [-0.25, -0.2) is 9.65 Å². The summed E-state index contributed by atoms with van der Waals surface area (Å²) in [6.45, 7) is 6.77. The number of anilines is 1. The van der Waals surface area contributed by atoms with Crippen molar-refractivity contribution in [2.24, 2.45) is 5.41 Å². The standard InChI is InChI=1S/C27H38N5O8PS/c1-5-26(2,3)24(35)42-14-13-38-41(37,29-15-17-9-7-6-8-10-17)39-16-19-20(33)27(4,36)23(40-19)32-12-11-18-21(32)30-25(28)31-22(18)34/h6-12,19-20,23,33,36H,5,13-16H2,1-4H3,(H,29,37)(H3,28,30,31,34)/t19-,20?,23+,27+,41?/m1/s1. The van der Waals surface area contributed by atoms with Crippen molar-refractivity contribution in [1.29, 1.82) is 0 Å². The van der Waals surface area contributed by atoms with Crippen LogP contribution in [0.2, 0.25) is 0 Å². The number of ether oxygens (including phenoxy) is 1. The molecule has 6 N–H and O–H groups in total. The number of benzene rings is 1. The van der Waals surface area contributed by atoms with Crippen LogP contribution in [0.5, 0.6) is 0 Å². The summed E-state index contributed by atoms with van der Waals surface area (Å²) in [5.41, 5.74) is 3.91. The molecule has 2 aromatic heterocycles. The smallest absolute Gasteiger partial charge is 0.387 e. The lowest BCUT2D eigenvalue weighted by atomic mass is 9.92. The first-order valence-corrected chi connectivity index (χ1v) is 16.1. The Kier molecular flexibility index (Phi) is 10.0. The van der Waals surface area contributed by atoms with E-state index >= 15 is 0 Å². The van der Waals surface area contributed by atoms with Crippen LogP contribution in [0.3, 0.4) is 0 Å². The Morgan fingerprint density at radius 2 is 2.02 bits per heavy atom. The molecule has 15 heteroatoms. The molecular formula is C27H38N5O8PS. The largest absolute Gasteiger partial charge is 0.405 e. The number of aliphatic hydroxyl groups excluding tert-OH is 1. The van der Waals surface area contributed by atoms with Gasteiger partial charge in [0, 0.05) is 23.9 Å². The van der Waals surface area contributed by atoms with Crippen LogP contribution in [0.4, 0.5) is 5.95 Å². The third kappa shape index (κ3) is 7.14. The number of carbonyl (C=O) groups excluding carboxylic acids is 1. The number of nitrogen functional groups attached to an aromatic ring is 1. The van der Waals surface area contributed by atoms with E-state index in [1.54, 1.807) is 0 Å². The second-order valence-corrected chi connectivity index (χ2v) is 13.8.